The van der Waals surface area contributed by atoms with Gasteiger partial charge in [0.15, 0.2) is 0 Å². The van der Waals surface area contributed by atoms with Gasteiger partial charge in [-0.05, 0) is 42.0 Å². The topological polar surface area (TPSA) is 107 Å². The van der Waals surface area contributed by atoms with Crippen molar-refractivity contribution in [3.8, 4) is 11.1 Å². The Balaban J connectivity index is 2.06. The van der Waals surface area contributed by atoms with Crippen LogP contribution in [0.4, 0.5) is 16.2 Å². The molecule has 0 unspecified atom stereocenters. The Bertz CT molecular complexity index is 1140. The number of nitro groups is 1. The number of nitrogens with zero attached hydrogens (tertiary/aromatic N) is 2. The van der Waals surface area contributed by atoms with Crippen LogP contribution < -0.4 is 10.6 Å². The molecule has 2 N–H and O–H groups in total. The van der Waals surface area contributed by atoms with Crippen molar-refractivity contribution >= 4 is 58.1 Å². The minimum Gasteiger partial charge on any atom is -0.351 e. The van der Waals surface area contributed by atoms with Crippen LogP contribution >= 0.6 is 34.8 Å². The summed E-state index contributed by atoms with van der Waals surface area (Å²) in [5.74, 6) is -0.747. The van der Waals surface area contributed by atoms with Crippen molar-refractivity contribution in [3.63, 3.8) is 0 Å². The lowest BCUT2D eigenvalue weighted by Gasteiger charge is -2.21. The molecule has 0 aliphatic heterocycles. The van der Waals surface area contributed by atoms with Crippen molar-refractivity contribution in [2.75, 3.05) is 4.90 Å². The van der Waals surface area contributed by atoms with Gasteiger partial charge >= 0.3 is 6.03 Å². The molecule has 3 rings (SSSR count). The van der Waals surface area contributed by atoms with Crippen molar-refractivity contribution in [2.45, 2.75) is 0 Å². The van der Waals surface area contributed by atoms with E-state index in [0.29, 0.717) is 16.0 Å². The highest BCUT2D eigenvalue weighted by Crippen LogP contribution is 2.39. The number of nitro benzene ring substituents is 1. The zero-order valence-electron chi connectivity index (χ0n) is 15.0. The molecule has 3 aromatic rings. The second kappa shape index (κ2) is 8.71. The standard InChI is InChI=1S/C20H12Cl3N3O4/c21-15-4-2-1-3-14(15)19(27)25(20(24)28)13-9-16(22)18(17(23)10-13)11-5-7-12(8-6-11)26(29)30/h1-10H,(H2,24,28). The van der Waals surface area contributed by atoms with Gasteiger partial charge in [0.1, 0.15) is 0 Å². The van der Waals surface area contributed by atoms with E-state index in [1.54, 1.807) is 12.1 Å². The molecule has 3 aromatic carbocycles. The highest BCUT2D eigenvalue weighted by atomic mass is 35.5. The van der Waals surface area contributed by atoms with E-state index >= 15 is 0 Å². The quantitative estimate of drug-likeness (QED) is 0.380. The normalized spacial score (nSPS) is 10.5. The number of anilines is 1. The number of carbonyl (C=O) groups excluding carboxylic acids is 2. The van der Waals surface area contributed by atoms with Crippen molar-refractivity contribution in [3.05, 3.63) is 91.4 Å². The number of urea groups is 1. The fourth-order valence-electron chi connectivity index (χ4n) is 2.81. The lowest BCUT2D eigenvalue weighted by atomic mass is 10.0. The number of carbonyl (C=O) groups is 2. The number of benzene rings is 3. The Morgan fingerprint density at radius 3 is 1.97 bits per heavy atom. The van der Waals surface area contributed by atoms with Gasteiger partial charge in [-0.3, -0.25) is 14.9 Å². The Morgan fingerprint density at radius 2 is 1.47 bits per heavy atom. The molecule has 30 heavy (non-hydrogen) atoms. The summed E-state index contributed by atoms with van der Waals surface area (Å²) in [6, 6.07) is 13.5. The summed E-state index contributed by atoms with van der Waals surface area (Å²) in [7, 11) is 0. The maximum Gasteiger partial charge on any atom is 0.326 e. The molecule has 0 saturated heterocycles. The largest absolute Gasteiger partial charge is 0.351 e. The van der Waals surface area contributed by atoms with Gasteiger partial charge in [-0.2, -0.15) is 0 Å². The van der Waals surface area contributed by atoms with Gasteiger partial charge in [-0.1, -0.05) is 46.9 Å². The first kappa shape index (κ1) is 21.6. The van der Waals surface area contributed by atoms with E-state index in [2.05, 4.69) is 0 Å². The Morgan fingerprint density at radius 1 is 0.900 bits per heavy atom. The molecule has 152 valence electrons. The number of amides is 3. The summed E-state index contributed by atoms with van der Waals surface area (Å²) < 4.78 is 0. The average Bonchev–Trinajstić information content (AvgIpc) is 2.68. The SMILES string of the molecule is NC(=O)N(C(=O)c1ccccc1Cl)c1cc(Cl)c(-c2ccc([N+](=O)[O-])cc2)c(Cl)c1. The van der Waals surface area contributed by atoms with Crippen LogP contribution in [0.15, 0.2) is 60.7 Å². The Kier molecular flexibility index (Phi) is 6.26. The first-order chi connectivity index (χ1) is 14.2. The highest BCUT2D eigenvalue weighted by Gasteiger charge is 2.26. The smallest absolute Gasteiger partial charge is 0.326 e. The van der Waals surface area contributed by atoms with E-state index in [-0.39, 0.29) is 32.0 Å². The maximum absolute atomic E-state index is 12.9. The van der Waals surface area contributed by atoms with Crippen LogP contribution in [0.2, 0.25) is 15.1 Å². The average molecular weight is 465 g/mol. The van der Waals surface area contributed by atoms with Crippen LogP contribution in [-0.2, 0) is 0 Å². The number of non-ortho nitro benzene ring substituents is 1. The van der Waals surface area contributed by atoms with E-state index in [9.17, 15) is 19.7 Å². The van der Waals surface area contributed by atoms with Gasteiger partial charge in [-0.15, -0.1) is 0 Å². The minimum absolute atomic E-state index is 0.0491. The lowest BCUT2D eigenvalue weighted by molar-refractivity contribution is -0.384. The molecule has 10 heteroatoms. The van der Waals surface area contributed by atoms with Gasteiger partial charge in [0.2, 0.25) is 0 Å². The van der Waals surface area contributed by atoms with E-state index in [1.807, 2.05) is 0 Å². The number of primary amides is 1. The van der Waals surface area contributed by atoms with Gasteiger partial charge in [0, 0.05) is 17.7 Å². The van der Waals surface area contributed by atoms with E-state index in [1.165, 1.54) is 48.5 Å². The maximum atomic E-state index is 12.9. The Hall–Kier alpha value is -3.13. The predicted octanol–water partition coefficient (Wildman–Crippen LogP) is 5.95. The van der Waals surface area contributed by atoms with Gasteiger partial charge in [0.05, 0.1) is 31.2 Å². The third kappa shape index (κ3) is 4.23. The van der Waals surface area contributed by atoms with Crippen molar-refractivity contribution < 1.29 is 14.5 Å². The Labute approximate surface area is 185 Å². The minimum atomic E-state index is -1.05. The fraction of sp³-hybridized carbons (Fsp3) is 0. The number of imide groups is 1. The summed E-state index contributed by atoms with van der Waals surface area (Å²) in [5, 5.41) is 11.2. The van der Waals surface area contributed by atoms with Crippen LogP contribution in [0.25, 0.3) is 11.1 Å². The fourth-order valence-corrected chi connectivity index (χ4v) is 3.72. The van der Waals surface area contributed by atoms with E-state index < -0.39 is 16.9 Å². The van der Waals surface area contributed by atoms with Gasteiger partial charge in [0.25, 0.3) is 11.6 Å². The monoisotopic (exact) mass is 463 g/mol. The second-order valence-electron chi connectivity index (χ2n) is 6.05. The number of nitrogens with two attached hydrogens (primary N) is 1. The van der Waals surface area contributed by atoms with E-state index in [4.69, 9.17) is 40.5 Å². The molecule has 0 saturated carbocycles. The molecule has 7 nitrogen and oxygen atoms in total. The number of rotatable bonds is 4. The molecule has 0 radical (unpaired) electrons. The van der Waals surface area contributed by atoms with E-state index in [0.717, 1.165) is 0 Å². The molecule has 3 amide bonds. The molecule has 0 aliphatic rings. The molecule has 0 fully saturated rings. The second-order valence-corrected chi connectivity index (χ2v) is 7.27. The van der Waals surface area contributed by atoms with Gasteiger partial charge < -0.3 is 5.73 Å². The summed E-state index contributed by atoms with van der Waals surface area (Å²) >= 11 is 18.8. The predicted molar refractivity (Wildman–Crippen MR) is 116 cm³/mol. The number of hydrogen-bond donors (Lipinski definition) is 1. The van der Waals surface area contributed by atoms with Crippen molar-refractivity contribution in [1.29, 1.82) is 0 Å². The molecule has 0 atom stereocenters. The van der Waals surface area contributed by atoms with Crippen molar-refractivity contribution in [2.24, 2.45) is 5.73 Å². The highest BCUT2D eigenvalue weighted by molar-refractivity contribution is 6.40. The number of hydrogen-bond acceptors (Lipinski definition) is 4. The third-order valence-corrected chi connectivity index (χ3v) is 5.11. The summed E-state index contributed by atoms with van der Waals surface area (Å²) in [4.78, 5) is 35.9. The summed E-state index contributed by atoms with van der Waals surface area (Å²) in [5.41, 5.74) is 6.36. The van der Waals surface area contributed by atoms with Gasteiger partial charge in [-0.25, -0.2) is 9.69 Å². The molecule has 0 aliphatic carbocycles. The van der Waals surface area contributed by atoms with Crippen LogP contribution in [0.3, 0.4) is 0 Å². The summed E-state index contributed by atoms with van der Waals surface area (Å²) in [6.45, 7) is 0. The molecular weight excluding hydrogens is 453 g/mol. The van der Waals surface area contributed by atoms with Crippen molar-refractivity contribution in [1.82, 2.24) is 0 Å². The molecule has 0 bridgehead atoms. The first-order valence-electron chi connectivity index (χ1n) is 8.33. The lowest BCUT2D eigenvalue weighted by Crippen LogP contribution is -2.41. The zero-order valence-corrected chi connectivity index (χ0v) is 17.3. The van der Waals surface area contributed by atoms with Crippen LogP contribution in [0.5, 0.6) is 0 Å². The molecule has 0 spiro atoms. The zero-order chi connectivity index (χ0) is 22.0. The molecular formula is C20H12Cl3N3O4. The first-order valence-corrected chi connectivity index (χ1v) is 9.46. The molecule has 0 heterocycles. The third-order valence-electron chi connectivity index (χ3n) is 4.18. The van der Waals surface area contributed by atoms with Crippen LogP contribution in [0.1, 0.15) is 10.4 Å². The van der Waals surface area contributed by atoms with Crippen LogP contribution in [-0.4, -0.2) is 16.9 Å². The number of halogens is 3. The van der Waals surface area contributed by atoms with Crippen LogP contribution in [0, 0.1) is 10.1 Å². The molecule has 0 aromatic heterocycles. The summed E-state index contributed by atoms with van der Waals surface area (Å²) in [6.07, 6.45) is 0.